The molecule has 1 amide bonds. The quantitative estimate of drug-likeness (QED) is 0.871. The van der Waals surface area contributed by atoms with Crippen molar-refractivity contribution in [3.63, 3.8) is 0 Å². The summed E-state index contributed by atoms with van der Waals surface area (Å²) in [6, 6.07) is 2.21. The summed E-state index contributed by atoms with van der Waals surface area (Å²) in [6.07, 6.45) is 7.46. The summed E-state index contributed by atoms with van der Waals surface area (Å²) in [5, 5.41) is 0. The van der Waals surface area contributed by atoms with Crippen LogP contribution in [0.5, 0.6) is 0 Å². The number of nitrogen functional groups attached to an aromatic ring is 1. The first-order valence-corrected chi connectivity index (χ1v) is 6.95. The van der Waals surface area contributed by atoms with E-state index < -0.39 is 5.91 Å². The number of carbonyl (C=O) groups excluding carboxylic acids is 1. The van der Waals surface area contributed by atoms with Crippen LogP contribution in [0.1, 0.15) is 49.4 Å². The highest BCUT2D eigenvalue weighted by Gasteiger charge is 2.21. The molecule has 0 saturated carbocycles. The Labute approximate surface area is 114 Å². The molecule has 0 radical (unpaired) electrons. The van der Waals surface area contributed by atoms with Gasteiger partial charge < -0.3 is 16.4 Å². The summed E-state index contributed by atoms with van der Waals surface area (Å²) in [5.74, 6) is 0.320. The van der Waals surface area contributed by atoms with E-state index in [9.17, 15) is 4.79 Å². The highest BCUT2D eigenvalue weighted by Crippen LogP contribution is 2.26. The number of amides is 1. The zero-order valence-corrected chi connectivity index (χ0v) is 11.4. The summed E-state index contributed by atoms with van der Waals surface area (Å²) < 4.78 is 0. The van der Waals surface area contributed by atoms with Crippen LogP contribution in [0.25, 0.3) is 0 Å². The van der Waals surface area contributed by atoms with Gasteiger partial charge in [-0.3, -0.25) is 4.79 Å². The normalized spacial score (nSPS) is 20.1. The van der Waals surface area contributed by atoms with Crippen LogP contribution in [0.3, 0.4) is 0 Å². The van der Waals surface area contributed by atoms with Crippen LogP contribution in [-0.2, 0) is 0 Å². The van der Waals surface area contributed by atoms with Gasteiger partial charge in [0.15, 0.2) is 0 Å². The average molecular weight is 262 g/mol. The Kier molecular flexibility index (Phi) is 4.24. The summed E-state index contributed by atoms with van der Waals surface area (Å²) >= 11 is 0. The second-order valence-electron chi connectivity index (χ2n) is 5.10. The summed E-state index contributed by atoms with van der Waals surface area (Å²) in [6.45, 7) is 3.17. The van der Waals surface area contributed by atoms with E-state index in [1.54, 1.807) is 6.07 Å². The topological polar surface area (TPSA) is 85.2 Å². The van der Waals surface area contributed by atoms with Crippen molar-refractivity contribution in [1.82, 2.24) is 4.98 Å². The Morgan fingerprint density at radius 1 is 1.47 bits per heavy atom. The second kappa shape index (κ2) is 5.91. The Bertz CT molecular complexity index is 461. The molecule has 1 unspecified atom stereocenters. The molecule has 5 nitrogen and oxygen atoms in total. The Balaban J connectivity index is 2.33. The van der Waals surface area contributed by atoms with Crippen LogP contribution in [-0.4, -0.2) is 23.5 Å². The predicted octanol–water partition coefficient (Wildman–Crippen LogP) is 1.92. The molecule has 4 N–H and O–H groups in total. The van der Waals surface area contributed by atoms with E-state index in [4.69, 9.17) is 11.5 Å². The van der Waals surface area contributed by atoms with Gasteiger partial charge in [0.05, 0.1) is 17.4 Å². The van der Waals surface area contributed by atoms with Gasteiger partial charge in [-0.05, 0) is 25.3 Å². The zero-order valence-electron chi connectivity index (χ0n) is 11.4. The molecule has 19 heavy (non-hydrogen) atoms. The fourth-order valence-corrected chi connectivity index (χ4v) is 2.73. The fourth-order valence-electron chi connectivity index (χ4n) is 2.73. The standard InChI is InChI=1S/C14H22N4O/c1-2-10-6-4-3-5-7-18(10)13-8-11(14(16)19)12(15)9-17-13/h8-10H,2-7,15H2,1H3,(H2,16,19). The first kappa shape index (κ1) is 13.6. The van der Waals surface area contributed by atoms with Crippen molar-refractivity contribution in [1.29, 1.82) is 0 Å². The smallest absolute Gasteiger partial charge is 0.250 e. The van der Waals surface area contributed by atoms with Crippen molar-refractivity contribution < 1.29 is 4.79 Å². The van der Waals surface area contributed by atoms with Gasteiger partial charge in [0.2, 0.25) is 0 Å². The number of pyridine rings is 1. The number of nitrogens with two attached hydrogens (primary N) is 2. The van der Waals surface area contributed by atoms with Crippen LogP contribution >= 0.6 is 0 Å². The molecule has 104 valence electrons. The van der Waals surface area contributed by atoms with E-state index in [0.717, 1.165) is 25.2 Å². The third-order valence-corrected chi connectivity index (χ3v) is 3.83. The summed E-state index contributed by atoms with van der Waals surface area (Å²) in [7, 11) is 0. The third-order valence-electron chi connectivity index (χ3n) is 3.83. The van der Waals surface area contributed by atoms with Gasteiger partial charge in [0.25, 0.3) is 5.91 Å². The van der Waals surface area contributed by atoms with Gasteiger partial charge >= 0.3 is 0 Å². The van der Waals surface area contributed by atoms with Crippen LogP contribution in [0.4, 0.5) is 11.5 Å². The van der Waals surface area contributed by atoms with Crippen molar-refractivity contribution >= 4 is 17.4 Å². The number of primary amides is 1. The summed E-state index contributed by atoms with van der Waals surface area (Å²) in [5.41, 5.74) is 11.8. The predicted molar refractivity (Wildman–Crippen MR) is 77.1 cm³/mol. The molecule has 0 spiro atoms. The van der Waals surface area contributed by atoms with Gasteiger partial charge in [-0.1, -0.05) is 19.8 Å². The van der Waals surface area contributed by atoms with Crippen molar-refractivity contribution in [2.24, 2.45) is 5.73 Å². The van der Waals surface area contributed by atoms with Gasteiger partial charge in [0.1, 0.15) is 5.82 Å². The third kappa shape index (κ3) is 2.97. The first-order valence-electron chi connectivity index (χ1n) is 6.95. The molecule has 2 rings (SSSR count). The van der Waals surface area contributed by atoms with Crippen molar-refractivity contribution in [3.05, 3.63) is 17.8 Å². The van der Waals surface area contributed by atoms with Gasteiger partial charge in [-0.25, -0.2) is 4.98 Å². The number of hydrogen-bond donors (Lipinski definition) is 2. The maximum atomic E-state index is 11.4. The minimum atomic E-state index is -0.496. The van der Waals surface area contributed by atoms with Crippen molar-refractivity contribution in [2.45, 2.75) is 45.1 Å². The zero-order chi connectivity index (χ0) is 13.8. The van der Waals surface area contributed by atoms with Gasteiger partial charge in [-0.15, -0.1) is 0 Å². The lowest BCUT2D eigenvalue weighted by Gasteiger charge is -2.30. The highest BCUT2D eigenvalue weighted by atomic mass is 16.1. The molecular weight excluding hydrogens is 240 g/mol. The van der Waals surface area contributed by atoms with Crippen LogP contribution < -0.4 is 16.4 Å². The lowest BCUT2D eigenvalue weighted by Crippen LogP contribution is -2.35. The van der Waals surface area contributed by atoms with E-state index in [1.165, 1.54) is 25.5 Å². The Morgan fingerprint density at radius 3 is 2.95 bits per heavy atom. The van der Waals surface area contributed by atoms with Gasteiger partial charge in [-0.2, -0.15) is 0 Å². The number of rotatable bonds is 3. The molecule has 1 aliphatic heterocycles. The van der Waals surface area contributed by atoms with Crippen LogP contribution in [0.15, 0.2) is 12.3 Å². The lowest BCUT2D eigenvalue weighted by atomic mass is 10.1. The number of hydrogen-bond acceptors (Lipinski definition) is 4. The highest BCUT2D eigenvalue weighted by molar-refractivity contribution is 5.98. The molecule has 2 heterocycles. The molecule has 1 aromatic heterocycles. The van der Waals surface area contributed by atoms with E-state index >= 15 is 0 Å². The molecule has 1 aromatic rings. The average Bonchev–Trinajstić information content (AvgIpc) is 2.64. The van der Waals surface area contributed by atoms with E-state index in [0.29, 0.717) is 17.3 Å². The Hall–Kier alpha value is -1.78. The number of nitrogens with zero attached hydrogens (tertiary/aromatic N) is 2. The molecular formula is C14H22N4O. The maximum absolute atomic E-state index is 11.4. The number of carbonyl (C=O) groups is 1. The van der Waals surface area contributed by atoms with E-state index in [-0.39, 0.29) is 0 Å². The molecule has 5 heteroatoms. The second-order valence-corrected chi connectivity index (χ2v) is 5.10. The largest absolute Gasteiger partial charge is 0.397 e. The molecule has 1 fully saturated rings. The SMILES string of the molecule is CCC1CCCCCN1c1cc(C(N)=O)c(N)cn1. The van der Waals surface area contributed by atoms with Crippen LogP contribution in [0, 0.1) is 0 Å². The minimum Gasteiger partial charge on any atom is -0.397 e. The molecule has 0 aliphatic carbocycles. The fraction of sp³-hybridized carbons (Fsp3) is 0.571. The molecule has 0 bridgehead atoms. The Morgan fingerprint density at radius 2 is 2.26 bits per heavy atom. The monoisotopic (exact) mass is 262 g/mol. The lowest BCUT2D eigenvalue weighted by molar-refractivity contribution is 0.100. The molecule has 0 aromatic carbocycles. The van der Waals surface area contributed by atoms with E-state index in [1.807, 2.05) is 0 Å². The van der Waals surface area contributed by atoms with Crippen molar-refractivity contribution in [3.8, 4) is 0 Å². The molecule has 1 aliphatic rings. The number of anilines is 2. The maximum Gasteiger partial charge on any atom is 0.250 e. The summed E-state index contributed by atoms with van der Waals surface area (Å²) in [4.78, 5) is 18.0. The van der Waals surface area contributed by atoms with Crippen molar-refractivity contribution in [2.75, 3.05) is 17.2 Å². The first-order chi connectivity index (χ1) is 9.13. The molecule has 1 saturated heterocycles. The number of aromatic nitrogens is 1. The minimum absolute atomic E-state index is 0.346. The van der Waals surface area contributed by atoms with Gasteiger partial charge in [0, 0.05) is 12.6 Å². The van der Waals surface area contributed by atoms with Crippen LogP contribution in [0.2, 0.25) is 0 Å². The molecule has 1 atom stereocenters. The van der Waals surface area contributed by atoms with E-state index in [2.05, 4.69) is 16.8 Å².